The molecule has 0 unspecified atom stereocenters. The number of fused-ring (bicyclic) bond motifs is 1. The van der Waals surface area contributed by atoms with Gasteiger partial charge in [-0.3, -0.25) is 14.9 Å². The first-order chi connectivity index (χ1) is 15.4. The Morgan fingerprint density at radius 3 is 2.19 bits per heavy atom. The predicted octanol–water partition coefficient (Wildman–Crippen LogP) is 4.57. The van der Waals surface area contributed by atoms with Crippen LogP contribution >= 0.6 is 11.3 Å². The van der Waals surface area contributed by atoms with E-state index in [9.17, 15) is 14.9 Å². The van der Waals surface area contributed by atoms with Crippen molar-refractivity contribution < 1.29 is 23.9 Å². The Bertz CT molecular complexity index is 1190. The quantitative estimate of drug-likeness (QED) is 0.343. The van der Waals surface area contributed by atoms with E-state index in [0.717, 1.165) is 5.52 Å². The first kappa shape index (κ1) is 23.3. The molecule has 0 atom stereocenters. The van der Waals surface area contributed by atoms with Crippen molar-refractivity contribution in [1.82, 2.24) is 4.57 Å². The Kier molecular flexibility index (Phi) is 7.47. The van der Waals surface area contributed by atoms with Crippen LogP contribution in [0.3, 0.4) is 0 Å². The van der Waals surface area contributed by atoms with Crippen molar-refractivity contribution in [1.29, 1.82) is 0 Å². The van der Waals surface area contributed by atoms with E-state index in [1.54, 1.807) is 18.2 Å². The smallest absolute Gasteiger partial charge is 0.279 e. The van der Waals surface area contributed by atoms with Crippen LogP contribution in [0.25, 0.3) is 10.2 Å². The average molecular weight is 460 g/mol. The highest BCUT2D eigenvalue weighted by Crippen LogP contribution is 2.39. The maximum Gasteiger partial charge on any atom is 0.279 e. The minimum absolute atomic E-state index is 0.00546. The molecule has 1 amide bonds. The van der Waals surface area contributed by atoms with Crippen molar-refractivity contribution >= 4 is 33.1 Å². The molecule has 0 radical (unpaired) electrons. The van der Waals surface area contributed by atoms with Crippen LogP contribution in [0.5, 0.6) is 17.2 Å². The zero-order valence-electron chi connectivity index (χ0n) is 18.4. The van der Waals surface area contributed by atoms with Crippen LogP contribution in [0.1, 0.15) is 38.1 Å². The molecule has 0 aliphatic carbocycles. The number of non-ortho nitro benzene ring substituents is 1. The maximum atomic E-state index is 13.1. The second-order valence-corrected chi connectivity index (χ2v) is 7.56. The Hall–Kier alpha value is -3.40. The number of aryl methyl sites for hydroxylation is 1. The van der Waals surface area contributed by atoms with E-state index in [1.807, 2.05) is 32.3 Å². The summed E-state index contributed by atoms with van der Waals surface area (Å²) in [4.78, 5) is 28.5. The monoisotopic (exact) mass is 459 g/mol. The molecule has 0 N–H and O–H groups in total. The molecule has 2 aromatic carbocycles. The standard InChI is InChI=1S/C22H25N3O6S/c1-5-24-16-10-9-15(25(27)28)13-19(16)32-22(24)23-21(26)14-11-17(29-6-2)20(31-8-4)18(12-14)30-7-3/h9-13H,5-8H2,1-4H3. The van der Waals surface area contributed by atoms with E-state index in [0.29, 0.717) is 58.7 Å². The van der Waals surface area contributed by atoms with Gasteiger partial charge in [0.25, 0.3) is 11.6 Å². The second kappa shape index (κ2) is 10.3. The number of aromatic nitrogens is 1. The molecule has 0 aliphatic rings. The van der Waals surface area contributed by atoms with Crippen molar-refractivity contribution in [2.24, 2.45) is 4.99 Å². The fourth-order valence-electron chi connectivity index (χ4n) is 3.23. The Morgan fingerprint density at radius 1 is 1.03 bits per heavy atom. The molecule has 0 fully saturated rings. The van der Waals surface area contributed by atoms with Crippen LogP contribution in [-0.2, 0) is 6.54 Å². The molecule has 10 heteroatoms. The van der Waals surface area contributed by atoms with Crippen molar-refractivity contribution in [3.05, 3.63) is 50.8 Å². The van der Waals surface area contributed by atoms with Gasteiger partial charge < -0.3 is 18.8 Å². The maximum absolute atomic E-state index is 13.1. The molecule has 3 rings (SSSR count). The Balaban J connectivity index is 2.12. The fraction of sp³-hybridized carbons (Fsp3) is 0.364. The molecule has 1 heterocycles. The number of carbonyl (C=O) groups is 1. The fourth-order valence-corrected chi connectivity index (χ4v) is 4.36. The lowest BCUT2D eigenvalue weighted by Crippen LogP contribution is -2.16. The van der Waals surface area contributed by atoms with E-state index in [1.165, 1.54) is 23.5 Å². The zero-order chi connectivity index (χ0) is 23.3. The third kappa shape index (κ3) is 4.75. The normalized spacial score (nSPS) is 11.6. The Morgan fingerprint density at radius 2 is 1.66 bits per heavy atom. The number of benzene rings is 2. The molecule has 0 aliphatic heterocycles. The summed E-state index contributed by atoms with van der Waals surface area (Å²) in [5, 5.41) is 11.1. The van der Waals surface area contributed by atoms with Gasteiger partial charge in [-0.15, -0.1) is 0 Å². The highest BCUT2D eigenvalue weighted by atomic mass is 32.1. The van der Waals surface area contributed by atoms with Gasteiger partial charge in [0.1, 0.15) is 0 Å². The van der Waals surface area contributed by atoms with Gasteiger partial charge in [0.15, 0.2) is 16.3 Å². The largest absolute Gasteiger partial charge is 0.490 e. The number of hydrogen-bond acceptors (Lipinski definition) is 7. The van der Waals surface area contributed by atoms with Crippen molar-refractivity contribution in [3.63, 3.8) is 0 Å². The first-order valence-corrected chi connectivity index (χ1v) is 11.2. The van der Waals surface area contributed by atoms with Gasteiger partial charge in [-0.05, 0) is 45.9 Å². The molecular formula is C22H25N3O6S. The molecule has 0 saturated heterocycles. The topological polar surface area (TPSA) is 105 Å². The summed E-state index contributed by atoms with van der Waals surface area (Å²) in [7, 11) is 0. The molecule has 0 saturated carbocycles. The summed E-state index contributed by atoms with van der Waals surface area (Å²) in [5.74, 6) is 0.798. The number of nitrogens with zero attached hydrogens (tertiary/aromatic N) is 3. The average Bonchev–Trinajstić information content (AvgIpc) is 3.11. The van der Waals surface area contributed by atoms with Crippen LogP contribution in [0.4, 0.5) is 5.69 Å². The second-order valence-electron chi connectivity index (χ2n) is 6.56. The van der Waals surface area contributed by atoms with E-state index < -0.39 is 10.8 Å². The van der Waals surface area contributed by atoms with Gasteiger partial charge in [-0.25, -0.2) is 0 Å². The van der Waals surface area contributed by atoms with Gasteiger partial charge in [0, 0.05) is 24.2 Å². The molecule has 32 heavy (non-hydrogen) atoms. The molecule has 0 bridgehead atoms. The molecule has 9 nitrogen and oxygen atoms in total. The summed E-state index contributed by atoms with van der Waals surface area (Å²) in [6, 6.07) is 7.80. The summed E-state index contributed by atoms with van der Waals surface area (Å²) in [5.41, 5.74) is 1.08. The van der Waals surface area contributed by atoms with E-state index >= 15 is 0 Å². The number of ether oxygens (including phenoxy) is 3. The molecule has 1 aromatic heterocycles. The van der Waals surface area contributed by atoms with Crippen LogP contribution in [0, 0.1) is 10.1 Å². The van der Waals surface area contributed by atoms with Gasteiger partial charge in [0.2, 0.25) is 5.75 Å². The molecule has 170 valence electrons. The van der Waals surface area contributed by atoms with Crippen molar-refractivity contribution in [3.8, 4) is 17.2 Å². The predicted molar refractivity (Wildman–Crippen MR) is 122 cm³/mol. The lowest BCUT2D eigenvalue weighted by Gasteiger charge is -2.16. The summed E-state index contributed by atoms with van der Waals surface area (Å²) >= 11 is 1.23. The lowest BCUT2D eigenvalue weighted by atomic mass is 10.1. The minimum atomic E-state index is -0.474. The van der Waals surface area contributed by atoms with Crippen LogP contribution in [0.15, 0.2) is 35.3 Å². The number of thiazole rings is 1. The third-order valence-corrected chi connectivity index (χ3v) is 5.59. The number of nitro benzene ring substituents is 1. The van der Waals surface area contributed by atoms with Crippen LogP contribution in [-0.4, -0.2) is 35.2 Å². The molecular weight excluding hydrogens is 434 g/mol. The number of amides is 1. The molecule has 3 aromatic rings. The SMILES string of the molecule is CCOc1cc(C(=O)N=c2sc3cc([N+](=O)[O-])ccc3n2CC)cc(OCC)c1OCC. The van der Waals surface area contributed by atoms with E-state index in [4.69, 9.17) is 14.2 Å². The zero-order valence-corrected chi connectivity index (χ0v) is 19.2. The van der Waals surface area contributed by atoms with Crippen molar-refractivity contribution in [2.75, 3.05) is 19.8 Å². The Labute approximate surface area is 189 Å². The third-order valence-electron chi connectivity index (χ3n) is 4.55. The number of rotatable bonds is 9. The highest BCUT2D eigenvalue weighted by molar-refractivity contribution is 7.16. The van der Waals surface area contributed by atoms with Crippen molar-refractivity contribution in [2.45, 2.75) is 34.2 Å². The van der Waals surface area contributed by atoms with Gasteiger partial charge in [0.05, 0.1) is 35.0 Å². The summed E-state index contributed by atoms with van der Waals surface area (Å²) < 4.78 is 19.6. The number of carbonyl (C=O) groups excluding carboxylic acids is 1. The van der Waals surface area contributed by atoms with Crippen LogP contribution < -0.4 is 19.0 Å². The lowest BCUT2D eigenvalue weighted by molar-refractivity contribution is -0.384. The summed E-state index contributed by atoms with van der Waals surface area (Å²) in [6.07, 6.45) is 0. The first-order valence-electron chi connectivity index (χ1n) is 10.4. The van der Waals surface area contributed by atoms with Gasteiger partial charge in [-0.2, -0.15) is 4.99 Å². The van der Waals surface area contributed by atoms with E-state index in [-0.39, 0.29) is 5.69 Å². The van der Waals surface area contributed by atoms with Crippen LogP contribution in [0.2, 0.25) is 0 Å². The van der Waals surface area contributed by atoms with Gasteiger partial charge in [-0.1, -0.05) is 11.3 Å². The minimum Gasteiger partial charge on any atom is -0.490 e. The molecule has 0 spiro atoms. The van der Waals surface area contributed by atoms with Gasteiger partial charge >= 0.3 is 0 Å². The number of hydrogen-bond donors (Lipinski definition) is 0. The summed E-state index contributed by atoms with van der Waals surface area (Å²) in [6.45, 7) is 9.23. The van der Waals surface area contributed by atoms with E-state index in [2.05, 4.69) is 4.99 Å². The number of nitro groups is 1. The highest BCUT2D eigenvalue weighted by Gasteiger charge is 2.19.